The van der Waals surface area contributed by atoms with Crippen LogP contribution in [0.25, 0.3) is 0 Å². The fourth-order valence-electron chi connectivity index (χ4n) is 1.42. The van der Waals surface area contributed by atoms with E-state index in [9.17, 15) is 0 Å². The minimum Gasteiger partial charge on any atom is -0.353 e. The van der Waals surface area contributed by atoms with Crippen molar-refractivity contribution >= 4 is 28.2 Å². The molecule has 17 heavy (non-hydrogen) atoms. The third-order valence-electron chi connectivity index (χ3n) is 2.52. The SMILES string of the molecule is CCC(CC)NCCSc1nnc(N(C)C)s1. The summed E-state index contributed by atoms with van der Waals surface area (Å²) in [5.41, 5.74) is 0. The molecule has 0 aromatic carbocycles. The number of nitrogens with zero attached hydrogens (tertiary/aromatic N) is 3. The number of hydrogen-bond donors (Lipinski definition) is 1. The molecule has 4 nitrogen and oxygen atoms in total. The zero-order valence-electron chi connectivity index (χ0n) is 11.1. The molecule has 98 valence electrons. The Morgan fingerprint density at radius 1 is 1.29 bits per heavy atom. The summed E-state index contributed by atoms with van der Waals surface area (Å²) in [6, 6.07) is 0.655. The third-order valence-corrected chi connectivity index (χ3v) is 4.75. The highest BCUT2D eigenvalue weighted by Gasteiger charge is 2.06. The Labute approximate surface area is 112 Å². The first-order valence-electron chi connectivity index (χ1n) is 6.04. The Balaban J connectivity index is 2.21. The largest absolute Gasteiger partial charge is 0.353 e. The highest BCUT2D eigenvalue weighted by Crippen LogP contribution is 2.26. The van der Waals surface area contributed by atoms with Gasteiger partial charge in [0.15, 0.2) is 4.34 Å². The van der Waals surface area contributed by atoms with E-state index in [2.05, 4.69) is 29.4 Å². The summed E-state index contributed by atoms with van der Waals surface area (Å²) < 4.78 is 1.06. The molecular weight excluding hydrogens is 252 g/mol. The lowest BCUT2D eigenvalue weighted by Gasteiger charge is -2.13. The van der Waals surface area contributed by atoms with E-state index >= 15 is 0 Å². The molecule has 1 aromatic rings. The summed E-state index contributed by atoms with van der Waals surface area (Å²) >= 11 is 3.43. The van der Waals surface area contributed by atoms with Crippen molar-refractivity contribution in [2.24, 2.45) is 0 Å². The van der Waals surface area contributed by atoms with Crippen LogP contribution in [0.15, 0.2) is 4.34 Å². The molecule has 0 unspecified atom stereocenters. The van der Waals surface area contributed by atoms with Gasteiger partial charge in [0.25, 0.3) is 0 Å². The van der Waals surface area contributed by atoms with Crippen LogP contribution in [-0.2, 0) is 0 Å². The fraction of sp³-hybridized carbons (Fsp3) is 0.818. The number of aromatic nitrogens is 2. The molecule has 0 atom stereocenters. The van der Waals surface area contributed by atoms with Crippen molar-refractivity contribution < 1.29 is 0 Å². The van der Waals surface area contributed by atoms with Crippen LogP contribution in [0.3, 0.4) is 0 Å². The zero-order chi connectivity index (χ0) is 12.7. The second-order valence-electron chi connectivity index (χ2n) is 4.06. The average Bonchev–Trinajstić information content (AvgIpc) is 2.78. The lowest BCUT2D eigenvalue weighted by Crippen LogP contribution is -2.29. The topological polar surface area (TPSA) is 41.1 Å². The quantitative estimate of drug-likeness (QED) is 0.582. The molecule has 1 rings (SSSR count). The first kappa shape index (κ1) is 14.7. The maximum absolute atomic E-state index is 4.16. The minimum absolute atomic E-state index is 0.655. The molecule has 1 heterocycles. The molecular formula is C11H22N4S2. The van der Waals surface area contributed by atoms with Gasteiger partial charge in [-0.15, -0.1) is 10.2 Å². The Morgan fingerprint density at radius 3 is 2.53 bits per heavy atom. The molecule has 1 N–H and O–H groups in total. The van der Waals surface area contributed by atoms with Crippen LogP contribution in [0.5, 0.6) is 0 Å². The molecule has 0 spiro atoms. The van der Waals surface area contributed by atoms with Gasteiger partial charge in [0.05, 0.1) is 0 Å². The van der Waals surface area contributed by atoms with E-state index < -0.39 is 0 Å². The van der Waals surface area contributed by atoms with E-state index in [1.165, 1.54) is 12.8 Å². The van der Waals surface area contributed by atoms with E-state index in [4.69, 9.17) is 0 Å². The van der Waals surface area contributed by atoms with Crippen molar-refractivity contribution in [3.8, 4) is 0 Å². The van der Waals surface area contributed by atoms with E-state index in [0.29, 0.717) is 6.04 Å². The molecule has 0 radical (unpaired) electrons. The van der Waals surface area contributed by atoms with Crippen molar-refractivity contribution in [2.45, 2.75) is 37.1 Å². The summed E-state index contributed by atoms with van der Waals surface area (Å²) in [6.07, 6.45) is 2.40. The maximum atomic E-state index is 4.16. The second-order valence-corrected chi connectivity index (χ2v) is 6.36. The van der Waals surface area contributed by atoms with Crippen LogP contribution < -0.4 is 10.2 Å². The first-order chi connectivity index (χ1) is 8.17. The Morgan fingerprint density at radius 2 is 2.00 bits per heavy atom. The zero-order valence-corrected chi connectivity index (χ0v) is 12.7. The van der Waals surface area contributed by atoms with Crippen molar-refractivity contribution in [3.63, 3.8) is 0 Å². The average molecular weight is 274 g/mol. The number of hydrogen-bond acceptors (Lipinski definition) is 6. The van der Waals surface area contributed by atoms with Gasteiger partial charge >= 0.3 is 0 Å². The van der Waals surface area contributed by atoms with Crippen LogP contribution in [0.4, 0.5) is 5.13 Å². The van der Waals surface area contributed by atoms with Gasteiger partial charge in [0, 0.05) is 32.4 Å². The minimum atomic E-state index is 0.655. The predicted molar refractivity (Wildman–Crippen MR) is 77.3 cm³/mol. The van der Waals surface area contributed by atoms with Crippen molar-refractivity contribution in [2.75, 3.05) is 31.3 Å². The fourth-order valence-corrected chi connectivity index (χ4v) is 3.12. The van der Waals surface area contributed by atoms with E-state index in [1.54, 1.807) is 23.1 Å². The monoisotopic (exact) mass is 274 g/mol. The van der Waals surface area contributed by atoms with Gasteiger partial charge in [-0.2, -0.15) is 0 Å². The molecule has 0 bridgehead atoms. The number of rotatable bonds is 8. The van der Waals surface area contributed by atoms with E-state index in [0.717, 1.165) is 21.8 Å². The summed E-state index contributed by atoms with van der Waals surface area (Å²) in [4.78, 5) is 1.99. The highest BCUT2D eigenvalue weighted by molar-refractivity contribution is 8.01. The van der Waals surface area contributed by atoms with Crippen LogP contribution in [0, 0.1) is 0 Å². The smallest absolute Gasteiger partial charge is 0.208 e. The molecule has 0 aliphatic rings. The molecule has 0 amide bonds. The molecule has 0 aliphatic carbocycles. The lowest BCUT2D eigenvalue weighted by molar-refractivity contribution is 0.501. The van der Waals surface area contributed by atoms with Gasteiger partial charge in [-0.05, 0) is 12.8 Å². The van der Waals surface area contributed by atoms with Crippen molar-refractivity contribution in [1.29, 1.82) is 0 Å². The molecule has 0 saturated heterocycles. The summed E-state index contributed by atoms with van der Waals surface area (Å²) in [6.45, 7) is 5.48. The number of nitrogens with one attached hydrogen (secondary N) is 1. The van der Waals surface area contributed by atoms with E-state index in [-0.39, 0.29) is 0 Å². The van der Waals surface area contributed by atoms with Crippen LogP contribution >= 0.6 is 23.1 Å². The molecule has 0 saturated carbocycles. The predicted octanol–water partition coefficient (Wildman–Crippen LogP) is 2.47. The summed E-state index contributed by atoms with van der Waals surface area (Å²) in [5, 5.41) is 12.8. The Kier molecular flexibility index (Phi) is 6.84. The van der Waals surface area contributed by atoms with E-state index in [1.807, 2.05) is 19.0 Å². The normalized spacial score (nSPS) is 11.1. The Hall–Kier alpha value is -0.330. The van der Waals surface area contributed by atoms with Gasteiger partial charge in [-0.3, -0.25) is 0 Å². The lowest BCUT2D eigenvalue weighted by atomic mass is 10.2. The summed E-state index contributed by atoms with van der Waals surface area (Å²) in [5.74, 6) is 1.05. The van der Waals surface area contributed by atoms with Crippen LogP contribution in [-0.4, -0.2) is 42.6 Å². The van der Waals surface area contributed by atoms with Crippen LogP contribution in [0.1, 0.15) is 26.7 Å². The van der Waals surface area contributed by atoms with Gasteiger partial charge in [0.1, 0.15) is 0 Å². The molecule has 6 heteroatoms. The molecule has 0 fully saturated rings. The van der Waals surface area contributed by atoms with Gasteiger partial charge in [0.2, 0.25) is 5.13 Å². The van der Waals surface area contributed by atoms with Crippen molar-refractivity contribution in [1.82, 2.24) is 15.5 Å². The summed E-state index contributed by atoms with van der Waals surface area (Å²) in [7, 11) is 3.98. The number of thioether (sulfide) groups is 1. The Bertz CT molecular complexity index is 310. The first-order valence-corrected chi connectivity index (χ1v) is 7.84. The van der Waals surface area contributed by atoms with Gasteiger partial charge < -0.3 is 10.2 Å². The third kappa shape index (κ3) is 5.23. The van der Waals surface area contributed by atoms with Gasteiger partial charge in [-0.1, -0.05) is 36.9 Å². The second kappa shape index (κ2) is 7.89. The molecule has 1 aromatic heterocycles. The van der Waals surface area contributed by atoms with Crippen molar-refractivity contribution in [3.05, 3.63) is 0 Å². The molecule has 0 aliphatic heterocycles. The van der Waals surface area contributed by atoms with Crippen LogP contribution in [0.2, 0.25) is 0 Å². The highest BCUT2D eigenvalue weighted by atomic mass is 32.2. The maximum Gasteiger partial charge on any atom is 0.208 e. The standard InChI is InChI=1S/C11H22N4S2/c1-5-9(6-2)12-7-8-16-11-14-13-10(17-11)15(3)4/h9,12H,5-8H2,1-4H3. The number of anilines is 1. The van der Waals surface area contributed by atoms with Gasteiger partial charge in [-0.25, -0.2) is 0 Å².